The molecule has 3 N–H and O–H groups in total. The number of nitrogens with two attached hydrogens (primary N) is 1. The van der Waals surface area contributed by atoms with E-state index in [9.17, 15) is 22.8 Å². The van der Waals surface area contributed by atoms with Crippen molar-refractivity contribution >= 4 is 68.5 Å². The molecule has 0 aliphatic rings. The van der Waals surface area contributed by atoms with Gasteiger partial charge in [0.05, 0.1) is 22.1 Å². The van der Waals surface area contributed by atoms with Crippen molar-refractivity contribution in [1.82, 2.24) is 25.1 Å². The van der Waals surface area contributed by atoms with Crippen LogP contribution in [-0.2, 0) is 37.7 Å². The molecular formula is C37H43BN8O6S. The third-order valence-corrected chi connectivity index (χ3v) is 10.1. The SMILES string of the molecule is CCCC(NC(=O)COC(=O)N(c1ccc(C)c(S(N)(=O)=O)c1)c1nccc(N(C)c2ccc3c(C)n(C)nc3c2)n1)C(=O)B(C)Cc1ccccc1. The molecule has 2 aromatic heterocycles. The zero-order valence-electron chi connectivity index (χ0n) is 30.6. The standard InChI is InChI=1S/C37H43BN8O6S/c1-7-11-30(35(48)38(4)22-26-12-9-8-10-13-26)41-34(47)23-52-37(49)46(28-15-14-24(2)32(21-28)53(39,50)51)36-40-19-18-33(42-36)44(5)27-16-17-29-25(3)45(6)43-31(29)20-27/h8-10,12-21,30H,7,11,22-23H2,1-6H3,(H,41,47)(H2,39,50,51). The number of hydrogen-bond acceptors (Lipinski definition) is 10. The summed E-state index contributed by atoms with van der Waals surface area (Å²) in [7, 11) is -0.528. The summed E-state index contributed by atoms with van der Waals surface area (Å²) in [5, 5.41) is 13.8. The highest BCUT2D eigenvalue weighted by atomic mass is 32.2. The predicted molar refractivity (Wildman–Crippen MR) is 205 cm³/mol. The van der Waals surface area contributed by atoms with Crippen molar-refractivity contribution in [3.63, 3.8) is 0 Å². The Morgan fingerprint density at radius 1 is 1.02 bits per heavy atom. The monoisotopic (exact) mass is 738 g/mol. The summed E-state index contributed by atoms with van der Waals surface area (Å²) < 4.78 is 32.2. The van der Waals surface area contributed by atoms with Gasteiger partial charge in [0, 0.05) is 37.1 Å². The van der Waals surface area contributed by atoms with Crippen LogP contribution in [0.25, 0.3) is 10.9 Å². The molecule has 0 aliphatic carbocycles. The van der Waals surface area contributed by atoms with Gasteiger partial charge in [-0.2, -0.15) is 10.1 Å². The molecule has 276 valence electrons. The number of nitrogens with zero attached hydrogens (tertiary/aromatic N) is 6. The number of benzene rings is 3. The molecule has 0 saturated carbocycles. The minimum Gasteiger partial charge on any atom is -0.439 e. The van der Waals surface area contributed by atoms with Gasteiger partial charge < -0.3 is 19.7 Å². The predicted octanol–water partition coefficient (Wildman–Crippen LogP) is 4.97. The number of carbonyl (C=O) groups excluding carboxylic acids is 3. The lowest BCUT2D eigenvalue weighted by Gasteiger charge is -2.24. The molecule has 1 unspecified atom stereocenters. The molecule has 53 heavy (non-hydrogen) atoms. The number of hydrogen-bond donors (Lipinski definition) is 2. The minimum absolute atomic E-state index is 0.0315. The first kappa shape index (κ1) is 38.6. The second kappa shape index (κ2) is 16.4. The van der Waals surface area contributed by atoms with Crippen molar-refractivity contribution in [3.05, 3.63) is 95.8 Å². The lowest BCUT2D eigenvalue weighted by atomic mass is 9.43. The van der Waals surface area contributed by atoms with E-state index in [2.05, 4.69) is 20.4 Å². The average Bonchev–Trinajstić information content (AvgIpc) is 3.42. The number of aromatic nitrogens is 4. The number of ether oxygens (including phenoxy) is 1. The molecular weight excluding hydrogens is 695 g/mol. The first-order valence-corrected chi connectivity index (χ1v) is 18.7. The molecule has 16 heteroatoms. The highest BCUT2D eigenvalue weighted by Crippen LogP contribution is 2.31. The van der Waals surface area contributed by atoms with E-state index in [1.54, 1.807) is 29.6 Å². The third kappa shape index (κ3) is 9.07. The number of carbonyl (C=O) groups is 3. The van der Waals surface area contributed by atoms with E-state index in [4.69, 9.17) is 9.88 Å². The quantitative estimate of drug-likeness (QED) is 0.148. The Balaban J connectivity index is 1.40. The summed E-state index contributed by atoms with van der Waals surface area (Å²) in [5.41, 5.74) is 3.83. The fourth-order valence-corrected chi connectivity index (χ4v) is 6.85. The molecule has 0 bridgehead atoms. The summed E-state index contributed by atoms with van der Waals surface area (Å²) in [6, 6.07) is 20.5. The highest BCUT2D eigenvalue weighted by Gasteiger charge is 2.29. The van der Waals surface area contributed by atoms with Crippen LogP contribution in [0.2, 0.25) is 6.82 Å². The van der Waals surface area contributed by atoms with Gasteiger partial charge in [-0.15, -0.1) is 0 Å². The molecule has 1 atom stereocenters. The van der Waals surface area contributed by atoms with E-state index in [0.717, 1.165) is 32.7 Å². The summed E-state index contributed by atoms with van der Waals surface area (Å²) in [6.45, 7) is 6.19. The summed E-state index contributed by atoms with van der Waals surface area (Å²) in [5.74, 6) is -0.449. The first-order valence-electron chi connectivity index (χ1n) is 17.1. The number of amides is 2. The van der Waals surface area contributed by atoms with E-state index < -0.39 is 34.7 Å². The maximum Gasteiger partial charge on any atom is 0.421 e. The van der Waals surface area contributed by atoms with Gasteiger partial charge in [-0.1, -0.05) is 62.1 Å². The largest absolute Gasteiger partial charge is 0.439 e. The van der Waals surface area contributed by atoms with E-state index >= 15 is 0 Å². The second-order valence-electron chi connectivity index (χ2n) is 13.0. The maximum atomic E-state index is 13.9. The van der Waals surface area contributed by atoms with Crippen LogP contribution < -0.4 is 20.3 Å². The lowest BCUT2D eigenvalue weighted by Crippen LogP contribution is -2.48. The van der Waals surface area contributed by atoms with Crippen molar-refractivity contribution in [2.45, 2.75) is 57.7 Å². The van der Waals surface area contributed by atoms with Crippen LogP contribution in [0.1, 0.15) is 36.6 Å². The van der Waals surface area contributed by atoms with Gasteiger partial charge in [0.1, 0.15) is 11.5 Å². The van der Waals surface area contributed by atoms with E-state index in [1.807, 2.05) is 76.2 Å². The summed E-state index contributed by atoms with van der Waals surface area (Å²) in [4.78, 5) is 51.9. The molecule has 0 aliphatic heterocycles. The van der Waals surface area contributed by atoms with E-state index in [-0.39, 0.29) is 28.9 Å². The second-order valence-corrected chi connectivity index (χ2v) is 14.5. The zero-order valence-corrected chi connectivity index (χ0v) is 31.4. The zero-order chi connectivity index (χ0) is 38.4. The number of aryl methyl sites for hydroxylation is 3. The molecule has 5 rings (SSSR count). The van der Waals surface area contributed by atoms with Gasteiger partial charge in [0.2, 0.25) is 22.7 Å². The third-order valence-electron chi connectivity index (χ3n) is 9.05. The van der Waals surface area contributed by atoms with E-state index in [1.165, 1.54) is 24.4 Å². The maximum absolute atomic E-state index is 13.9. The topological polar surface area (TPSA) is 183 Å². The molecule has 5 aromatic rings. The smallest absolute Gasteiger partial charge is 0.421 e. The number of rotatable bonds is 14. The Morgan fingerprint density at radius 2 is 1.74 bits per heavy atom. The Kier molecular flexibility index (Phi) is 11.9. The average molecular weight is 739 g/mol. The Labute approximate surface area is 309 Å². The van der Waals surface area contributed by atoms with Crippen LogP contribution in [0.3, 0.4) is 0 Å². The number of sulfonamides is 1. The Hall–Kier alpha value is -5.61. The van der Waals surface area contributed by atoms with Gasteiger partial charge in [0.25, 0.3) is 5.91 Å². The van der Waals surface area contributed by atoms with Crippen molar-refractivity contribution in [2.75, 3.05) is 23.5 Å². The fraction of sp³-hybridized carbons (Fsp3) is 0.297. The Morgan fingerprint density at radius 3 is 2.43 bits per heavy atom. The highest BCUT2D eigenvalue weighted by molar-refractivity contribution is 7.89. The van der Waals surface area contributed by atoms with Gasteiger partial charge in [0.15, 0.2) is 6.61 Å². The van der Waals surface area contributed by atoms with Gasteiger partial charge in [-0.25, -0.2) is 28.2 Å². The molecule has 14 nitrogen and oxygen atoms in total. The number of anilines is 4. The number of fused-ring (bicyclic) bond motifs is 1. The van der Waals surface area contributed by atoms with Gasteiger partial charge >= 0.3 is 6.09 Å². The van der Waals surface area contributed by atoms with Crippen LogP contribution in [0.15, 0.2) is 83.9 Å². The number of nitrogens with one attached hydrogen (secondary N) is 1. The first-order chi connectivity index (χ1) is 25.2. The lowest BCUT2D eigenvalue weighted by molar-refractivity contribution is -0.127. The van der Waals surface area contributed by atoms with Crippen LogP contribution in [0.5, 0.6) is 0 Å². The van der Waals surface area contributed by atoms with Crippen LogP contribution in [0, 0.1) is 13.8 Å². The number of primary sulfonamides is 1. The van der Waals surface area contributed by atoms with Crippen LogP contribution in [-0.4, -0.2) is 72.3 Å². The summed E-state index contributed by atoms with van der Waals surface area (Å²) in [6.07, 6.45) is 1.94. The molecule has 0 saturated heterocycles. The van der Waals surface area contributed by atoms with Crippen molar-refractivity contribution < 1.29 is 27.5 Å². The van der Waals surface area contributed by atoms with Crippen molar-refractivity contribution in [3.8, 4) is 0 Å². The molecule has 0 radical (unpaired) electrons. The Bertz CT molecular complexity index is 2250. The van der Waals surface area contributed by atoms with E-state index in [0.29, 0.717) is 30.5 Å². The minimum atomic E-state index is -4.19. The molecule has 2 heterocycles. The fourth-order valence-electron chi connectivity index (χ4n) is 6.04. The molecule has 2 amide bonds. The van der Waals surface area contributed by atoms with Crippen LogP contribution >= 0.6 is 0 Å². The van der Waals surface area contributed by atoms with Gasteiger partial charge in [-0.05, 0) is 68.6 Å². The van der Waals surface area contributed by atoms with Crippen molar-refractivity contribution in [2.24, 2.45) is 12.2 Å². The normalized spacial score (nSPS) is 11.9. The molecule has 0 spiro atoms. The molecule has 0 fully saturated rings. The van der Waals surface area contributed by atoms with Crippen molar-refractivity contribution in [1.29, 1.82) is 0 Å². The van der Waals surface area contributed by atoms with Crippen LogP contribution in [0.4, 0.5) is 27.9 Å². The molecule has 3 aromatic carbocycles. The summed E-state index contributed by atoms with van der Waals surface area (Å²) >= 11 is 0. The van der Waals surface area contributed by atoms with Gasteiger partial charge in [-0.3, -0.25) is 9.48 Å².